The first-order chi connectivity index (χ1) is 11.2. The van der Waals surface area contributed by atoms with Crippen molar-refractivity contribution in [3.05, 3.63) is 58.2 Å². The van der Waals surface area contributed by atoms with Crippen molar-refractivity contribution in [2.45, 2.75) is 32.6 Å². The van der Waals surface area contributed by atoms with Crippen molar-refractivity contribution in [1.82, 2.24) is 0 Å². The SMILES string of the molecule is CC1(C)CC(=O)C2=C(C1)OC(N)=C(C#N)[C@@H]2c1ccc(F)cc1F. The monoisotopic (exact) mass is 330 g/mol. The van der Waals surface area contributed by atoms with Crippen LogP contribution in [0.5, 0.6) is 0 Å². The van der Waals surface area contributed by atoms with Gasteiger partial charge in [0.05, 0.1) is 5.92 Å². The van der Waals surface area contributed by atoms with E-state index < -0.39 is 17.6 Å². The molecule has 0 fully saturated rings. The number of nitriles is 1. The number of carbonyl (C=O) groups excluding carboxylic acids is 1. The quantitative estimate of drug-likeness (QED) is 0.856. The van der Waals surface area contributed by atoms with Crippen LogP contribution in [0.3, 0.4) is 0 Å². The number of halogens is 2. The number of ketones is 1. The molecule has 3 rings (SSSR count). The summed E-state index contributed by atoms with van der Waals surface area (Å²) < 4.78 is 33.1. The maximum atomic E-state index is 14.3. The minimum absolute atomic E-state index is 0.0349. The second kappa shape index (κ2) is 5.45. The van der Waals surface area contributed by atoms with Gasteiger partial charge in [0, 0.05) is 30.0 Å². The summed E-state index contributed by atoms with van der Waals surface area (Å²) >= 11 is 0. The fourth-order valence-electron chi connectivity index (χ4n) is 3.33. The number of carbonyl (C=O) groups is 1. The third kappa shape index (κ3) is 2.56. The Bertz CT molecular complexity index is 847. The van der Waals surface area contributed by atoms with Crippen molar-refractivity contribution in [2.24, 2.45) is 11.1 Å². The molecule has 1 aromatic rings. The molecule has 0 spiro atoms. The fourth-order valence-corrected chi connectivity index (χ4v) is 3.33. The molecule has 6 heteroatoms. The number of nitrogens with zero attached hydrogens (tertiary/aromatic N) is 1. The van der Waals surface area contributed by atoms with E-state index in [2.05, 4.69) is 0 Å². The Hall–Kier alpha value is -2.68. The van der Waals surface area contributed by atoms with Crippen molar-refractivity contribution in [2.75, 3.05) is 0 Å². The number of Topliss-reactive ketones (excluding diaryl/α,β-unsaturated/α-hetero) is 1. The number of hydrogen-bond donors (Lipinski definition) is 1. The van der Waals surface area contributed by atoms with Gasteiger partial charge < -0.3 is 10.5 Å². The van der Waals surface area contributed by atoms with Gasteiger partial charge in [-0.3, -0.25) is 4.79 Å². The molecule has 1 aliphatic heterocycles. The summed E-state index contributed by atoms with van der Waals surface area (Å²) in [6, 6.07) is 4.96. The third-order valence-electron chi connectivity index (χ3n) is 4.35. The minimum atomic E-state index is -0.969. The minimum Gasteiger partial charge on any atom is -0.444 e. The molecule has 2 aliphatic rings. The first kappa shape index (κ1) is 16.2. The Morgan fingerprint density at radius 3 is 2.67 bits per heavy atom. The molecule has 124 valence electrons. The first-order valence-corrected chi connectivity index (χ1v) is 7.52. The molecule has 1 aliphatic carbocycles. The van der Waals surface area contributed by atoms with E-state index in [1.807, 2.05) is 19.9 Å². The molecule has 1 aromatic carbocycles. The lowest BCUT2D eigenvalue weighted by molar-refractivity contribution is -0.119. The Morgan fingerprint density at radius 2 is 2.04 bits per heavy atom. The van der Waals surface area contributed by atoms with Gasteiger partial charge in [0.25, 0.3) is 0 Å². The summed E-state index contributed by atoms with van der Waals surface area (Å²) in [5.74, 6) is -2.52. The molecule has 2 N–H and O–H groups in total. The van der Waals surface area contributed by atoms with E-state index in [-0.39, 0.29) is 40.2 Å². The number of nitrogens with two attached hydrogens (primary N) is 1. The lowest BCUT2D eigenvalue weighted by Gasteiger charge is -2.37. The number of benzene rings is 1. The van der Waals surface area contributed by atoms with E-state index in [1.165, 1.54) is 6.07 Å². The maximum Gasteiger partial charge on any atom is 0.205 e. The van der Waals surface area contributed by atoms with Crippen LogP contribution in [0.4, 0.5) is 8.78 Å². The van der Waals surface area contributed by atoms with E-state index >= 15 is 0 Å². The molecule has 4 nitrogen and oxygen atoms in total. The van der Waals surface area contributed by atoms with E-state index in [1.54, 1.807) is 0 Å². The molecular formula is C18H16F2N2O2. The lowest BCUT2D eigenvalue weighted by Crippen LogP contribution is -2.33. The van der Waals surface area contributed by atoms with Gasteiger partial charge in [-0.25, -0.2) is 8.78 Å². The van der Waals surface area contributed by atoms with Crippen molar-refractivity contribution in [1.29, 1.82) is 5.26 Å². The highest BCUT2D eigenvalue weighted by molar-refractivity contribution is 6.00. The van der Waals surface area contributed by atoms with Crippen molar-refractivity contribution < 1.29 is 18.3 Å². The predicted octanol–water partition coefficient (Wildman–Crippen LogP) is 3.42. The van der Waals surface area contributed by atoms with Crippen LogP contribution < -0.4 is 5.73 Å². The molecule has 0 bridgehead atoms. The number of rotatable bonds is 1. The van der Waals surface area contributed by atoms with Crippen molar-refractivity contribution in [3.63, 3.8) is 0 Å². The van der Waals surface area contributed by atoms with Crippen LogP contribution in [0.2, 0.25) is 0 Å². The lowest BCUT2D eigenvalue weighted by atomic mass is 9.70. The maximum absolute atomic E-state index is 14.3. The Balaban J connectivity index is 2.22. The standard InChI is InChI=1S/C18H16F2N2O2/c1-18(2)6-13(23)16-14(7-18)24-17(22)11(8-21)15(16)10-4-3-9(19)5-12(10)20/h3-5,15H,6-7,22H2,1-2H3/t15-/m0/s1. The van der Waals surface area contributed by atoms with Crippen molar-refractivity contribution in [3.8, 4) is 6.07 Å². The average Bonchev–Trinajstić information content (AvgIpc) is 2.44. The van der Waals surface area contributed by atoms with Gasteiger partial charge in [0.1, 0.15) is 29.0 Å². The highest BCUT2D eigenvalue weighted by Gasteiger charge is 2.43. The molecule has 0 amide bonds. The zero-order valence-electron chi connectivity index (χ0n) is 13.3. The highest BCUT2D eigenvalue weighted by atomic mass is 19.1. The number of allylic oxidation sites excluding steroid dienone is 3. The van der Waals surface area contributed by atoms with Gasteiger partial charge in [-0.15, -0.1) is 0 Å². The zero-order chi connectivity index (χ0) is 17.6. The Morgan fingerprint density at radius 1 is 1.33 bits per heavy atom. The molecule has 24 heavy (non-hydrogen) atoms. The van der Waals surface area contributed by atoms with Gasteiger partial charge >= 0.3 is 0 Å². The van der Waals surface area contributed by atoms with Crippen LogP contribution >= 0.6 is 0 Å². The van der Waals surface area contributed by atoms with E-state index in [0.717, 1.165) is 12.1 Å². The molecule has 0 saturated heterocycles. The highest BCUT2D eigenvalue weighted by Crippen LogP contribution is 2.48. The van der Waals surface area contributed by atoms with Gasteiger partial charge in [0.15, 0.2) is 5.78 Å². The first-order valence-electron chi connectivity index (χ1n) is 7.52. The summed E-state index contributed by atoms with van der Waals surface area (Å²) in [6.45, 7) is 3.84. The number of ether oxygens (including phenoxy) is 1. The summed E-state index contributed by atoms with van der Waals surface area (Å²) in [7, 11) is 0. The predicted molar refractivity (Wildman–Crippen MR) is 82.1 cm³/mol. The van der Waals surface area contributed by atoms with Gasteiger partial charge in [-0.2, -0.15) is 5.26 Å². The largest absolute Gasteiger partial charge is 0.444 e. The average molecular weight is 330 g/mol. The number of hydrogen-bond acceptors (Lipinski definition) is 4. The van der Waals surface area contributed by atoms with Crippen LogP contribution in [-0.2, 0) is 9.53 Å². The molecule has 1 heterocycles. The van der Waals surface area contributed by atoms with Crippen LogP contribution in [0.15, 0.2) is 41.0 Å². The van der Waals surface area contributed by atoms with E-state index in [9.17, 15) is 18.8 Å². The smallest absolute Gasteiger partial charge is 0.205 e. The summed E-state index contributed by atoms with van der Waals surface area (Å²) in [4.78, 5) is 12.7. The second-order valence-electron chi connectivity index (χ2n) is 6.87. The van der Waals surface area contributed by atoms with Crippen LogP contribution in [0.1, 0.15) is 38.2 Å². The molecule has 0 aromatic heterocycles. The molecular weight excluding hydrogens is 314 g/mol. The summed E-state index contributed by atoms with van der Waals surface area (Å²) in [5.41, 5.74) is 5.77. The Labute approximate surface area is 138 Å². The summed E-state index contributed by atoms with van der Waals surface area (Å²) in [5, 5.41) is 9.42. The molecule has 0 radical (unpaired) electrons. The van der Waals surface area contributed by atoms with Gasteiger partial charge in [-0.05, 0) is 11.5 Å². The molecule has 1 atom stereocenters. The van der Waals surface area contributed by atoms with E-state index in [4.69, 9.17) is 10.5 Å². The van der Waals surface area contributed by atoms with Gasteiger partial charge in [0.2, 0.25) is 5.88 Å². The van der Waals surface area contributed by atoms with Gasteiger partial charge in [-0.1, -0.05) is 19.9 Å². The van der Waals surface area contributed by atoms with Crippen LogP contribution in [0.25, 0.3) is 0 Å². The third-order valence-corrected chi connectivity index (χ3v) is 4.35. The fraction of sp³-hybridized carbons (Fsp3) is 0.333. The molecule has 0 unspecified atom stereocenters. The Kier molecular flexibility index (Phi) is 3.67. The normalized spacial score (nSPS) is 22.8. The summed E-state index contributed by atoms with van der Waals surface area (Å²) in [6.07, 6.45) is 0.708. The van der Waals surface area contributed by atoms with Crippen LogP contribution in [0, 0.1) is 28.4 Å². The topological polar surface area (TPSA) is 76.1 Å². The van der Waals surface area contributed by atoms with Crippen LogP contribution in [-0.4, -0.2) is 5.78 Å². The second-order valence-corrected chi connectivity index (χ2v) is 6.87. The zero-order valence-corrected chi connectivity index (χ0v) is 13.3. The van der Waals surface area contributed by atoms with Crippen molar-refractivity contribution >= 4 is 5.78 Å². The van der Waals surface area contributed by atoms with E-state index in [0.29, 0.717) is 12.2 Å². The molecule has 0 saturated carbocycles.